The maximum absolute atomic E-state index is 13.0. The lowest BCUT2D eigenvalue weighted by molar-refractivity contribution is -0.128. The molecule has 0 aromatic heterocycles. The summed E-state index contributed by atoms with van der Waals surface area (Å²) in [7, 11) is 0. The van der Waals surface area contributed by atoms with Gasteiger partial charge in [-0.2, -0.15) is 0 Å². The molecule has 1 N–H and O–H groups in total. The van der Waals surface area contributed by atoms with Gasteiger partial charge in [0.2, 0.25) is 5.91 Å². The van der Waals surface area contributed by atoms with Gasteiger partial charge in [-0.3, -0.25) is 9.69 Å². The smallest absolute Gasteiger partial charge is 0.224 e. The summed E-state index contributed by atoms with van der Waals surface area (Å²) in [6.45, 7) is 9.20. The summed E-state index contributed by atoms with van der Waals surface area (Å²) < 4.78 is 11.2. The van der Waals surface area contributed by atoms with Gasteiger partial charge >= 0.3 is 0 Å². The van der Waals surface area contributed by atoms with Crippen molar-refractivity contribution >= 4 is 5.91 Å². The fourth-order valence-corrected chi connectivity index (χ4v) is 5.05. The number of hydrogen-bond acceptors (Lipinski definition) is 5. The van der Waals surface area contributed by atoms with Crippen LogP contribution >= 0.6 is 0 Å². The van der Waals surface area contributed by atoms with E-state index >= 15 is 0 Å². The lowest BCUT2D eigenvalue weighted by Crippen LogP contribution is -2.51. The van der Waals surface area contributed by atoms with E-state index in [4.69, 9.17) is 9.47 Å². The molecule has 1 unspecified atom stereocenters. The number of amides is 1. The van der Waals surface area contributed by atoms with Crippen molar-refractivity contribution in [2.24, 2.45) is 11.8 Å². The van der Waals surface area contributed by atoms with Crippen LogP contribution in [0.2, 0.25) is 0 Å². The summed E-state index contributed by atoms with van der Waals surface area (Å²) in [5.74, 6) is 0.815. The summed E-state index contributed by atoms with van der Waals surface area (Å²) in [6.07, 6.45) is 4.40. The number of carbonyl (C=O) groups excluding carboxylic acids is 1. The quantitative estimate of drug-likeness (QED) is 0.702. The van der Waals surface area contributed by atoms with E-state index in [2.05, 4.69) is 45.4 Å². The highest BCUT2D eigenvalue weighted by atomic mass is 16.5. The minimum absolute atomic E-state index is 0.0713. The van der Waals surface area contributed by atoms with Crippen LogP contribution in [0.4, 0.5) is 0 Å². The molecule has 166 valence electrons. The highest BCUT2D eigenvalue weighted by molar-refractivity contribution is 5.79. The summed E-state index contributed by atoms with van der Waals surface area (Å²) in [4.78, 5) is 18.0. The lowest BCUT2D eigenvalue weighted by atomic mass is 9.87. The van der Waals surface area contributed by atoms with Crippen molar-refractivity contribution in [1.29, 1.82) is 0 Å². The van der Waals surface area contributed by atoms with Gasteiger partial charge in [0.05, 0.1) is 25.2 Å². The van der Waals surface area contributed by atoms with Gasteiger partial charge in [-0.25, -0.2) is 0 Å². The van der Waals surface area contributed by atoms with Gasteiger partial charge in [-0.05, 0) is 37.2 Å². The number of morpholine rings is 1. The predicted molar refractivity (Wildman–Crippen MR) is 117 cm³/mol. The number of rotatable bonds is 8. The van der Waals surface area contributed by atoms with E-state index < -0.39 is 0 Å². The third kappa shape index (κ3) is 6.51. The molecule has 3 saturated heterocycles. The number of benzene rings is 1. The van der Waals surface area contributed by atoms with Crippen molar-refractivity contribution in [3.63, 3.8) is 0 Å². The zero-order chi connectivity index (χ0) is 20.6. The third-order valence-corrected chi connectivity index (χ3v) is 6.69. The van der Waals surface area contributed by atoms with Crippen LogP contribution in [0.3, 0.4) is 0 Å². The Bertz CT molecular complexity index is 644. The molecule has 3 atom stereocenters. The topological polar surface area (TPSA) is 54.0 Å². The van der Waals surface area contributed by atoms with E-state index in [1.54, 1.807) is 0 Å². The maximum atomic E-state index is 13.0. The normalized spacial score (nSPS) is 28.5. The van der Waals surface area contributed by atoms with Crippen LogP contribution in [0.5, 0.6) is 0 Å². The monoisotopic (exact) mass is 415 g/mol. The zero-order valence-electron chi connectivity index (χ0n) is 18.1. The van der Waals surface area contributed by atoms with Gasteiger partial charge in [-0.15, -0.1) is 0 Å². The second-order valence-corrected chi connectivity index (χ2v) is 9.09. The van der Waals surface area contributed by atoms with E-state index in [1.165, 1.54) is 5.56 Å². The van der Waals surface area contributed by atoms with E-state index in [9.17, 15) is 4.79 Å². The van der Waals surface area contributed by atoms with Crippen LogP contribution in [0, 0.1) is 11.8 Å². The first-order valence-electron chi connectivity index (χ1n) is 11.7. The third-order valence-electron chi connectivity index (χ3n) is 6.69. The summed E-state index contributed by atoms with van der Waals surface area (Å²) in [5, 5.41) is 3.19. The molecule has 1 amide bonds. The molecule has 6 nitrogen and oxygen atoms in total. The van der Waals surface area contributed by atoms with Crippen molar-refractivity contribution < 1.29 is 14.3 Å². The average molecular weight is 416 g/mol. The summed E-state index contributed by atoms with van der Waals surface area (Å²) in [6, 6.07) is 10.7. The number of likely N-dealkylation sites (tertiary alicyclic amines) is 1. The Morgan fingerprint density at radius 3 is 2.67 bits per heavy atom. The molecule has 3 heterocycles. The number of piperidine rings is 1. The maximum Gasteiger partial charge on any atom is 0.224 e. The molecule has 4 rings (SSSR count). The summed E-state index contributed by atoms with van der Waals surface area (Å²) in [5.41, 5.74) is 1.37. The van der Waals surface area contributed by atoms with Crippen LogP contribution in [0.25, 0.3) is 0 Å². The second kappa shape index (κ2) is 11.2. The van der Waals surface area contributed by atoms with Crippen LogP contribution in [-0.2, 0) is 20.7 Å². The number of nitrogens with one attached hydrogen (secondary N) is 1. The standard InChI is InChI=1S/C24H37N3O3/c28-24(25-16-23-7-4-12-30-23)22-15-21(17-26-10-13-29-14-11-26)18-27(19-22)9-8-20-5-2-1-3-6-20/h1-3,5-6,21-23H,4,7-19H2,(H,25,28)/t21-,22-,23?/m1/s1. The Hall–Kier alpha value is -1.47. The van der Waals surface area contributed by atoms with E-state index in [-0.39, 0.29) is 17.9 Å². The Labute approximate surface area is 180 Å². The average Bonchev–Trinajstić information content (AvgIpc) is 3.31. The minimum atomic E-state index is 0.0713. The van der Waals surface area contributed by atoms with Gasteiger partial charge in [0.1, 0.15) is 0 Å². The van der Waals surface area contributed by atoms with Gasteiger partial charge in [0, 0.05) is 52.4 Å². The SMILES string of the molecule is O=C(NCC1CCCO1)[C@@H]1C[C@H](CN2CCOCC2)CN(CCc2ccccc2)C1. The molecular formula is C24H37N3O3. The number of ether oxygens (including phenoxy) is 2. The van der Waals surface area contributed by atoms with E-state index in [0.29, 0.717) is 12.5 Å². The molecule has 30 heavy (non-hydrogen) atoms. The Balaban J connectivity index is 1.33. The highest BCUT2D eigenvalue weighted by Crippen LogP contribution is 2.24. The number of carbonyl (C=O) groups is 1. The van der Waals surface area contributed by atoms with Gasteiger partial charge in [-0.1, -0.05) is 30.3 Å². The molecule has 3 aliphatic heterocycles. The van der Waals surface area contributed by atoms with Crippen molar-refractivity contribution in [2.45, 2.75) is 31.8 Å². The Morgan fingerprint density at radius 2 is 1.90 bits per heavy atom. The first kappa shape index (κ1) is 21.8. The van der Waals surface area contributed by atoms with Crippen LogP contribution in [0.1, 0.15) is 24.8 Å². The minimum Gasteiger partial charge on any atom is -0.379 e. The molecule has 0 radical (unpaired) electrons. The van der Waals surface area contributed by atoms with Gasteiger partial charge < -0.3 is 19.7 Å². The molecule has 0 aliphatic carbocycles. The lowest BCUT2D eigenvalue weighted by Gasteiger charge is -2.40. The van der Waals surface area contributed by atoms with Gasteiger partial charge in [0.25, 0.3) is 0 Å². The molecule has 3 fully saturated rings. The summed E-state index contributed by atoms with van der Waals surface area (Å²) >= 11 is 0. The fraction of sp³-hybridized carbons (Fsp3) is 0.708. The largest absolute Gasteiger partial charge is 0.379 e. The first-order chi connectivity index (χ1) is 14.8. The van der Waals surface area contributed by atoms with Crippen LogP contribution in [-0.4, -0.2) is 87.4 Å². The van der Waals surface area contributed by atoms with E-state index in [1.807, 2.05) is 0 Å². The van der Waals surface area contributed by atoms with Gasteiger partial charge in [0.15, 0.2) is 0 Å². The highest BCUT2D eigenvalue weighted by Gasteiger charge is 2.33. The predicted octanol–water partition coefficient (Wildman–Crippen LogP) is 1.79. The van der Waals surface area contributed by atoms with Crippen LogP contribution < -0.4 is 5.32 Å². The van der Waals surface area contributed by atoms with E-state index in [0.717, 1.165) is 84.8 Å². The van der Waals surface area contributed by atoms with Crippen molar-refractivity contribution in [3.8, 4) is 0 Å². The molecular weight excluding hydrogens is 378 g/mol. The second-order valence-electron chi connectivity index (χ2n) is 9.09. The molecule has 0 spiro atoms. The Morgan fingerprint density at radius 1 is 1.07 bits per heavy atom. The molecule has 3 aliphatic rings. The van der Waals surface area contributed by atoms with Crippen molar-refractivity contribution in [1.82, 2.24) is 15.1 Å². The van der Waals surface area contributed by atoms with Crippen molar-refractivity contribution in [2.75, 3.05) is 65.6 Å². The van der Waals surface area contributed by atoms with Crippen molar-refractivity contribution in [3.05, 3.63) is 35.9 Å². The molecule has 6 heteroatoms. The Kier molecular flexibility index (Phi) is 8.15. The molecule has 1 aromatic rings. The first-order valence-corrected chi connectivity index (χ1v) is 11.7. The molecule has 0 bridgehead atoms. The number of nitrogens with zero attached hydrogens (tertiary/aromatic N) is 2. The molecule has 0 saturated carbocycles. The fourth-order valence-electron chi connectivity index (χ4n) is 5.05. The number of hydrogen-bond donors (Lipinski definition) is 1. The molecule has 1 aromatic carbocycles. The van der Waals surface area contributed by atoms with Crippen LogP contribution in [0.15, 0.2) is 30.3 Å². The zero-order valence-corrected chi connectivity index (χ0v) is 18.1.